The van der Waals surface area contributed by atoms with E-state index in [4.69, 9.17) is 0 Å². The zero-order valence-electron chi connectivity index (χ0n) is 13.0. The summed E-state index contributed by atoms with van der Waals surface area (Å²) in [5.41, 5.74) is -0.380. The molecule has 25 heavy (non-hydrogen) atoms. The van der Waals surface area contributed by atoms with Crippen molar-refractivity contribution in [1.82, 2.24) is 0 Å². The molecule has 3 rings (SSSR count). The Labute approximate surface area is 142 Å². The number of benzene rings is 3. The van der Waals surface area contributed by atoms with Gasteiger partial charge in [-0.05, 0) is 22.9 Å². The van der Waals surface area contributed by atoms with E-state index in [1.807, 2.05) is 30.3 Å². The maximum atomic E-state index is 12.9. The lowest BCUT2D eigenvalue weighted by atomic mass is 10.0. The maximum absolute atomic E-state index is 12.9. The third-order valence-corrected chi connectivity index (χ3v) is 3.76. The van der Waals surface area contributed by atoms with Crippen LogP contribution in [0.5, 0.6) is 0 Å². The lowest BCUT2D eigenvalue weighted by molar-refractivity contribution is -0.136. The van der Waals surface area contributed by atoms with Crippen molar-refractivity contribution in [3.63, 3.8) is 0 Å². The fraction of sp³-hybridized carbons (Fsp3) is 0.0500. The van der Waals surface area contributed by atoms with Gasteiger partial charge in [0.1, 0.15) is 0 Å². The van der Waals surface area contributed by atoms with E-state index in [1.165, 1.54) is 30.5 Å². The van der Waals surface area contributed by atoms with Crippen molar-refractivity contribution < 1.29 is 18.0 Å². The molecular formula is C20H14F3NO. The topological polar surface area (TPSA) is 29.1 Å². The molecule has 0 heterocycles. The van der Waals surface area contributed by atoms with Crippen LogP contribution in [0.15, 0.2) is 79.0 Å². The molecule has 2 nitrogen and oxygen atoms in total. The molecule has 0 aliphatic carbocycles. The number of carbonyl (C=O) groups excluding carboxylic acids is 1. The summed E-state index contributed by atoms with van der Waals surface area (Å²) in [5.74, 6) is -0.284. The molecule has 3 aromatic rings. The largest absolute Gasteiger partial charge is 0.418 e. The Kier molecular flexibility index (Phi) is 4.57. The van der Waals surface area contributed by atoms with E-state index in [-0.39, 0.29) is 11.5 Å². The predicted molar refractivity (Wildman–Crippen MR) is 92.5 cm³/mol. The molecule has 0 aliphatic rings. The molecule has 0 spiro atoms. The molecule has 0 amide bonds. The highest BCUT2D eigenvalue weighted by atomic mass is 19.4. The zero-order valence-corrected chi connectivity index (χ0v) is 13.0. The summed E-state index contributed by atoms with van der Waals surface area (Å²) < 4.78 is 38.8. The zero-order chi connectivity index (χ0) is 17.9. The molecule has 0 aromatic heterocycles. The molecule has 0 bridgehead atoms. The highest BCUT2D eigenvalue weighted by Crippen LogP contribution is 2.34. The van der Waals surface area contributed by atoms with E-state index in [0.29, 0.717) is 5.56 Å². The first-order chi connectivity index (χ1) is 12.0. The number of halogens is 3. The van der Waals surface area contributed by atoms with Crippen molar-refractivity contribution in [2.45, 2.75) is 6.18 Å². The Bertz CT molecular complexity index is 940. The van der Waals surface area contributed by atoms with Gasteiger partial charge in [0.2, 0.25) is 0 Å². The van der Waals surface area contributed by atoms with E-state index >= 15 is 0 Å². The number of carbonyl (C=O) groups is 1. The average Bonchev–Trinajstić information content (AvgIpc) is 2.60. The molecule has 1 N–H and O–H groups in total. The summed E-state index contributed by atoms with van der Waals surface area (Å²) in [6.45, 7) is 0. The third kappa shape index (κ3) is 3.71. The average molecular weight is 341 g/mol. The van der Waals surface area contributed by atoms with Crippen LogP contribution in [-0.2, 0) is 6.18 Å². The van der Waals surface area contributed by atoms with Crippen LogP contribution in [0, 0.1) is 0 Å². The van der Waals surface area contributed by atoms with Crippen molar-refractivity contribution in [1.29, 1.82) is 0 Å². The SMILES string of the molecule is O=C(/C=C/Nc1ccccc1C(F)(F)F)c1cccc2ccccc12. The Morgan fingerprint density at radius 1 is 0.880 bits per heavy atom. The number of fused-ring (bicyclic) bond motifs is 1. The van der Waals surface area contributed by atoms with E-state index in [0.717, 1.165) is 16.8 Å². The van der Waals surface area contributed by atoms with Gasteiger partial charge in [0.05, 0.1) is 11.3 Å². The van der Waals surface area contributed by atoms with Crippen LogP contribution in [0.1, 0.15) is 15.9 Å². The number of nitrogens with one attached hydrogen (secondary N) is 1. The molecule has 5 heteroatoms. The highest BCUT2D eigenvalue weighted by molar-refractivity contribution is 6.13. The number of hydrogen-bond donors (Lipinski definition) is 1. The first kappa shape index (κ1) is 16.8. The molecule has 0 atom stereocenters. The molecule has 3 aromatic carbocycles. The van der Waals surface area contributed by atoms with E-state index in [9.17, 15) is 18.0 Å². The van der Waals surface area contributed by atoms with Crippen LogP contribution < -0.4 is 5.32 Å². The molecule has 0 saturated heterocycles. The van der Waals surface area contributed by atoms with Gasteiger partial charge in [-0.25, -0.2) is 0 Å². The monoisotopic (exact) mass is 341 g/mol. The minimum Gasteiger partial charge on any atom is -0.361 e. The predicted octanol–water partition coefficient (Wildman–Crippen LogP) is 5.67. The Morgan fingerprint density at radius 2 is 1.56 bits per heavy atom. The van der Waals surface area contributed by atoms with Crippen LogP contribution in [-0.4, -0.2) is 5.78 Å². The van der Waals surface area contributed by atoms with Gasteiger partial charge in [0.25, 0.3) is 0 Å². The maximum Gasteiger partial charge on any atom is 0.418 e. The lowest BCUT2D eigenvalue weighted by Gasteiger charge is -2.12. The Hall–Kier alpha value is -3.08. The normalized spacial score (nSPS) is 11.8. The summed E-state index contributed by atoms with van der Waals surface area (Å²) in [4.78, 5) is 12.4. The number of anilines is 1. The number of ketones is 1. The molecule has 126 valence electrons. The first-order valence-electron chi connectivity index (χ1n) is 7.58. The van der Waals surface area contributed by atoms with Crippen molar-refractivity contribution in [3.8, 4) is 0 Å². The number of rotatable bonds is 4. The standard InChI is InChI=1S/C20H14F3NO/c21-20(22,23)17-10-3-4-11-18(17)24-13-12-19(25)16-9-5-7-14-6-1-2-8-15(14)16/h1-13,24H/b13-12+. The Balaban J connectivity index is 1.83. The van der Waals surface area contributed by atoms with Gasteiger partial charge >= 0.3 is 6.18 Å². The van der Waals surface area contributed by atoms with Gasteiger partial charge in [0.15, 0.2) is 5.78 Å². The van der Waals surface area contributed by atoms with Gasteiger partial charge in [-0.1, -0.05) is 54.6 Å². The first-order valence-corrected chi connectivity index (χ1v) is 7.58. The van der Waals surface area contributed by atoms with Crippen molar-refractivity contribution >= 4 is 22.2 Å². The summed E-state index contributed by atoms with van der Waals surface area (Å²) in [7, 11) is 0. The quantitative estimate of drug-likeness (QED) is 0.489. The Morgan fingerprint density at radius 3 is 2.36 bits per heavy atom. The van der Waals surface area contributed by atoms with Crippen LogP contribution in [0.3, 0.4) is 0 Å². The molecular weight excluding hydrogens is 327 g/mol. The van der Waals surface area contributed by atoms with Crippen molar-refractivity contribution in [2.75, 3.05) is 5.32 Å². The lowest BCUT2D eigenvalue weighted by Crippen LogP contribution is -2.08. The smallest absolute Gasteiger partial charge is 0.361 e. The second-order valence-corrected chi connectivity index (χ2v) is 5.41. The molecule has 0 fully saturated rings. The summed E-state index contributed by atoms with van der Waals surface area (Å²) in [6, 6.07) is 17.9. The summed E-state index contributed by atoms with van der Waals surface area (Å²) in [6.07, 6.45) is -2.00. The fourth-order valence-electron chi connectivity index (χ4n) is 2.59. The fourth-order valence-corrected chi connectivity index (χ4v) is 2.59. The molecule has 0 radical (unpaired) electrons. The van der Waals surface area contributed by atoms with Crippen LogP contribution >= 0.6 is 0 Å². The highest BCUT2D eigenvalue weighted by Gasteiger charge is 2.32. The van der Waals surface area contributed by atoms with Crippen molar-refractivity contribution in [2.24, 2.45) is 0 Å². The van der Waals surface area contributed by atoms with Gasteiger partial charge in [-0.15, -0.1) is 0 Å². The van der Waals surface area contributed by atoms with Gasteiger partial charge in [0, 0.05) is 17.8 Å². The van der Waals surface area contributed by atoms with E-state index < -0.39 is 11.7 Å². The number of allylic oxidation sites excluding steroid dienone is 1. The van der Waals surface area contributed by atoms with Gasteiger partial charge < -0.3 is 5.32 Å². The van der Waals surface area contributed by atoms with Crippen LogP contribution in [0.2, 0.25) is 0 Å². The molecule has 0 unspecified atom stereocenters. The third-order valence-electron chi connectivity index (χ3n) is 3.76. The minimum atomic E-state index is -4.46. The van der Waals surface area contributed by atoms with Gasteiger partial charge in [-0.2, -0.15) is 13.2 Å². The summed E-state index contributed by atoms with van der Waals surface area (Å²) >= 11 is 0. The second-order valence-electron chi connectivity index (χ2n) is 5.41. The minimum absolute atomic E-state index is 0.100. The summed E-state index contributed by atoms with van der Waals surface area (Å²) in [5, 5.41) is 4.28. The van der Waals surface area contributed by atoms with Crippen molar-refractivity contribution in [3.05, 3.63) is 90.1 Å². The van der Waals surface area contributed by atoms with Gasteiger partial charge in [-0.3, -0.25) is 4.79 Å². The van der Waals surface area contributed by atoms with Crippen LogP contribution in [0.25, 0.3) is 10.8 Å². The molecule has 0 aliphatic heterocycles. The van der Waals surface area contributed by atoms with Crippen LogP contribution in [0.4, 0.5) is 18.9 Å². The number of alkyl halides is 3. The van der Waals surface area contributed by atoms with E-state index in [1.54, 1.807) is 12.1 Å². The number of para-hydroxylation sites is 1. The number of hydrogen-bond acceptors (Lipinski definition) is 2. The molecule has 0 saturated carbocycles. The second kappa shape index (κ2) is 6.81. The van der Waals surface area contributed by atoms with E-state index in [2.05, 4.69) is 5.32 Å².